The van der Waals surface area contributed by atoms with Gasteiger partial charge in [-0.15, -0.1) is 0 Å². The first kappa shape index (κ1) is 17.3. The predicted octanol–water partition coefficient (Wildman–Crippen LogP) is -0.266. The molecule has 0 fully saturated rings. The van der Waals surface area contributed by atoms with Crippen molar-refractivity contribution in [3.05, 3.63) is 6.92 Å². The van der Waals surface area contributed by atoms with Crippen molar-refractivity contribution < 1.29 is 39.8 Å². The van der Waals surface area contributed by atoms with E-state index in [1.165, 1.54) is 0 Å². The fraction of sp³-hybridized carbons (Fsp3) is 0.750. The molecular formula is C4H9O5SiTi. The van der Waals surface area contributed by atoms with Crippen molar-refractivity contribution in [2.45, 2.75) is 12.8 Å². The Kier molecular flexibility index (Phi) is 50.5. The van der Waals surface area contributed by atoms with Crippen LogP contribution in [-0.4, -0.2) is 21.0 Å². The van der Waals surface area contributed by atoms with E-state index in [2.05, 4.69) is 6.92 Å². The quantitative estimate of drug-likeness (QED) is 0.638. The molecule has 0 aliphatic rings. The number of aliphatic hydroxyl groups is 1. The van der Waals surface area contributed by atoms with Gasteiger partial charge in [0.2, 0.25) is 0 Å². The van der Waals surface area contributed by atoms with Crippen LogP contribution in [0.15, 0.2) is 0 Å². The molecule has 0 unspecified atom stereocenters. The summed E-state index contributed by atoms with van der Waals surface area (Å²) in [4.78, 5) is 0. The van der Waals surface area contributed by atoms with E-state index >= 15 is 0 Å². The summed E-state index contributed by atoms with van der Waals surface area (Å²) in [5, 5.41) is 8.03. The molecule has 0 bridgehead atoms. The van der Waals surface area contributed by atoms with E-state index < -0.39 is 28.4 Å². The van der Waals surface area contributed by atoms with E-state index in [1.807, 2.05) is 0 Å². The molecule has 11 heavy (non-hydrogen) atoms. The second-order valence-electron chi connectivity index (χ2n) is 1.10. The molecule has 1 radical (unpaired) electrons. The summed E-state index contributed by atoms with van der Waals surface area (Å²) in [5.41, 5.74) is 0. The zero-order chi connectivity index (χ0) is 9.54. The second kappa shape index (κ2) is 32.2. The van der Waals surface area contributed by atoms with Crippen LogP contribution in [0.25, 0.3) is 0 Å². The summed E-state index contributed by atoms with van der Waals surface area (Å²) in [6.45, 7) is 3.80. The van der Waals surface area contributed by atoms with Gasteiger partial charge in [-0.3, -0.25) is 8.92 Å². The first-order chi connectivity index (χ1) is 5.24. The molecule has 1 N–H and O–H groups in total. The Bertz CT molecular complexity index is 102. The fourth-order valence-electron chi connectivity index (χ4n) is 0.112. The summed E-state index contributed by atoms with van der Waals surface area (Å²) in [6.07, 6.45) is 1.68. The maximum atomic E-state index is 8.50. The van der Waals surface area contributed by atoms with Crippen molar-refractivity contribution in [1.29, 1.82) is 0 Å². The van der Waals surface area contributed by atoms with Gasteiger partial charge in [0.1, 0.15) is 0 Å². The number of rotatable bonds is 2. The van der Waals surface area contributed by atoms with Crippen molar-refractivity contribution in [2.75, 3.05) is 6.61 Å². The van der Waals surface area contributed by atoms with Gasteiger partial charge in [-0.05, 0) is 6.42 Å². The topological polar surface area (TPSA) is 88.5 Å². The molecule has 63 valence electrons. The van der Waals surface area contributed by atoms with Crippen molar-refractivity contribution >= 4 is 9.29 Å². The Labute approximate surface area is 75.7 Å². The molecule has 7 heteroatoms. The third-order valence-electron chi connectivity index (χ3n) is 0.408. The average Bonchev–Trinajstić information content (AvgIpc) is 1.92. The Hall–Kier alpha value is 0.0912. The van der Waals surface area contributed by atoms with Gasteiger partial charge in [-0.2, -0.15) is 0 Å². The van der Waals surface area contributed by atoms with Crippen molar-refractivity contribution in [3.63, 3.8) is 0 Å². The molecule has 0 rings (SSSR count). The molecule has 0 aliphatic carbocycles. The first-order valence-corrected chi connectivity index (χ1v) is 4.72. The molecule has 0 aromatic carbocycles. The summed E-state index contributed by atoms with van der Waals surface area (Å²) in [7, 11) is -1.42. The number of unbranched alkanes of at least 4 members (excludes halogenated alkanes) is 1. The van der Waals surface area contributed by atoms with Crippen LogP contribution in [0.3, 0.4) is 0 Å². The van der Waals surface area contributed by atoms with E-state index in [9.17, 15) is 0 Å². The van der Waals surface area contributed by atoms with Gasteiger partial charge in [-0.1, -0.05) is 13.3 Å². The normalized spacial score (nSPS) is 5.27. The fourth-order valence-corrected chi connectivity index (χ4v) is 0.112. The van der Waals surface area contributed by atoms with Crippen LogP contribution < -0.4 is 0 Å². The van der Waals surface area contributed by atoms with Crippen molar-refractivity contribution in [2.24, 2.45) is 0 Å². The molecule has 0 amide bonds. The van der Waals surface area contributed by atoms with Gasteiger partial charge in [0.15, 0.2) is 0 Å². The van der Waals surface area contributed by atoms with Gasteiger partial charge in [0, 0.05) is 6.61 Å². The summed E-state index contributed by atoms with van der Waals surface area (Å²) in [5.74, 6) is 0. The Balaban J connectivity index is -0.0000000933. The molecule has 0 aromatic rings. The Morgan fingerprint density at radius 3 is 1.64 bits per heavy atom. The van der Waals surface area contributed by atoms with Gasteiger partial charge < -0.3 is 5.11 Å². The Morgan fingerprint density at radius 1 is 1.36 bits per heavy atom. The van der Waals surface area contributed by atoms with E-state index in [4.69, 9.17) is 20.7 Å². The summed E-state index contributed by atoms with van der Waals surface area (Å²) in [6, 6.07) is 0. The van der Waals surface area contributed by atoms with Crippen LogP contribution in [-0.2, 0) is 34.7 Å². The molecule has 0 saturated carbocycles. The SMILES string of the molecule is O=[Si]=O.[CH2]CCCO.[O]=[Ti]=[O]. The molecule has 5 nitrogen and oxygen atoms in total. The molecule has 0 saturated heterocycles. The molecule has 0 aliphatic heterocycles. The number of hydrogen-bond donors (Lipinski definition) is 1. The van der Waals surface area contributed by atoms with Crippen LogP contribution in [0, 0.1) is 6.92 Å². The minimum absolute atomic E-state index is 0.281. The average molecular weight is 213 g/mol. The first-order valence-electron chi connectivity index (χ1n) is 2.63. The third-order valence-corrected chi connectivity index (χ3v) is 0.408. The van der Waals surface area contributed by atoms with E-state index in [0.717, 1.165) is 12.8 Å². The van der Waals surface area contributed by atoms with Crippen LogP contribution in [0.5, 0.6) is 0 Å². The molecule has 0 atom stereocenters. The maximum absolute atomic E-state index is 8.50. The van der Waals surface area contributed by atoms with Gasteiger partial charge in [0.05, 0.1) is 0 Å². The molecular weight excluding hydrogens is 204 g/mol. The summed E-state index contributed by atoms with van der Waals surface area (Å²) < 4.78 is 33.8. The van der Waals surface area contributed by atoms with E-state index in [-0.39, 0.29) is 6.61 Å². The van der Waals surface area contributed by atoms with Gasteiger partial charge >= 0.3 is 35.0 Å². The zero-order valence-corrected chi connectivity index (χ0v) is 8.47. The van der Waals surface area contributed by atoms with Gasteiger partial charge in [0.25, 0.3) is 0 Å². The van der Waals surface area contributed by atoms with Crippen LogP contribution in [0.1, 0.15) is 12.8 Å². The van der Waals surface area contributed by atoms with Crippen molar-refractivity contribution in [1.82, 2.24) is 0 Å². The predicted molar refractivity (Wildman–Crippen MR) is 30.2 cm³/mol. The summed E-state index contributed by atoms with van der Waals surface area (Å²) >= 11 is -2.00. The van der Waals surface area contributed by atoms with Crippen molar-refractivity contribution in [3.8, 4) is 0 Å². The third kappa shape index (κ3) is 151. The standard InChI is InChI=1S/C4H9O.O2Si.2O.Ti/c1-2-3-4-5;1-3-2;;;/h5H,1-4H2;;;;. The van der Waals surface area contributed by atoms with Gasteiger partial charge in [-0.25, -0.2) is 0 Å². The monoisotopic (exact) mass is 213 g/mol. The number of hydrogen-bond acceptors (Lipinski definition) is 5. The molecule has 0 heterocycles. The number of aliphatic hydroxyl groups excluding tert-OH is 1. The van der Waals surface area contributed by atoms with Crippen LogP contribution in [0.4, 0.5) is 0 Å². The minimum atomic E-state index is -2.00. The Morgan fingerprint density at radius 2 is 1.64 bits per heavy atom. The second-order valence-corrected chi connectivity index (χ2v) is 1.52. The molecule has 0 aromatic heterocycles. The molecule has 0 spiro atoms. The van der Waals surface area contributed by atoms with Crippen LogP contribution in [0.2, 0.25) is 0 Å². The van der Waals surface area contributed by atoms with E-state index in [0.29, 0.717) is 0 Å². The van der Waals surface area contributed by atoms with Crippen LogP contribution >= 0.6 is 0 Å². The zero-order valence-electron chi connectivity index (χ0n) is 5.91. The van der Waals surface area contributed by atoms with E-state index in [1.54, 1.807) is 0 Å².